The molecule has 2 amide bonds. The van der Waals surface area contributed by atoms with Gasteiger partial charge in [-0.2, -0.15) is 0 Å². The molecule has 0 spiro atoms. The van der Waals surface area contributed by atoms with Gasteiger partial charge < -0.3 is 24.2 Å². The van der Waals surface area contributed by atoms with E-state index in [1.807, 2.05) is 15.9 Å². The van der Waals surface area contributed by atoms with Gasteiger partial charge in [-0.3, -0.25) is 0 Å². The van der Waals surface area contributed by atoms with Crippen LogP contribution in [0.1, 0.15) is 12.0 Å². The van der Waals surface area contributed by atoms with E-state index in [1.54, 1.807) is 18.4 Å². The number of fused-ring (bicyclic) bond motifs is 1. The minimum absolute atomic E-state index is 0.141. The summed E-state index contributed by atoms with van der Waals surface area (Å²) in [5, 5.41) is 1.01. The highest BCUT2D eigenvalue weighted by Crippen LogP contribution is 2.36. The number of thiazole rings is 1. The van der Waals surface area contributed by atoms with Crippen LogP contribution in [0.3, 0.4) is 0 Å². The van der Waals surface area contributed by atoms with Crippen LogP contribution in [-0.2, 0) is 4.74 Å². The third-order valence-electron chi connectivity index (χ3n) is 5.23. The number of aryl methyl sites for hydroxylation is 1. The highest BCUT2D eigenvalue weighted by Gasteiger charge is 2.26. The van der Waals surface area contributed by atoms with E-state index in [2.05, 4.69) is 17.9 Å². The first kappa shape index (κ1) is 18.3. The fourth-order valence-electron chi connectivity index (χ4n) is 3.65. The Morgan fingerprint density at radius 2 is 1.89 bits per heavy atom. The van der Waals surface area contributed by atoms with E-state index >= 15 is 0 Å². The number of nitrogens with zero attached hydrogens (tertiary/aromatic N) is 4. The Labute approximate surface area is 163 Å². The molecule has 2 saturated heterocycles. The monoisotopic (exact) mass is 390 g/mol. The van der Waals surface area contributed by atoms with Crippen molar-refractivity contribution in [3.05, 3.63) is 17.7 Å². The van der Waals surface area contributed by atoms with Crippen molar-refractivity contribution in [3.63, 3.8) is 0 Å². The van der Waals surface area contributed by atoms with Gasteiger partial charge >= 0.3 is 6.03 Å². The molecular weight excluding hydrogens is 364 g/mol. The van der Waals surface area contributed by atoms with Gasteiger partial charge in [0.15, 0.2) is 5.13 Å². The average molecular weight is 391 g/mol. The average Bonchev–Trinajstić information content (AvgIpc) is 3.01. The molecule has 3 heterocycles. The lowest BCUT2D eigenvalue weighted by molar-refractivity contribution is 0.0438. The zero-order valence-corrected chi connectivity index (χ0v) is 16.8. The van der Waals surface area contributed by atoms with Gasteiger partial charge in [0.2, 0.25) is 0 Å². The van der Waals surface area contributed by atoms with Crippen molar-refractivity contribution in [3.8, 4) is 5.75 Å². The number of carbonyl (C=O) groups excluding carboxylic acids is 1. The molecule has 0 atom stereocenters. The van der Waals surface area contributed by atoms with Crippen molar-refractivity contribution in [1.29, 1.82) is 0 Å². The maximum Gasteiger partial charge on any atom is 0.320 e. The zero-order chi connectivity index (χ0) is 18.8. The molecule has 4 rings (SSSR count). The van der Waals surface area contributed by atoms with Crippen molar-refractivity contribution < 1.29 is 14.3 Å². The predicted molar refractivity (Wildman–Crippen MR) is 107 cm³/mol. The van der Waals surface area contributed by atoms with Crippen LogP contribution < -0.4 is 9.64 Å². The minimum atomic E-state index is 0.141. The standard InChI is InChI=1S/C19H26N4O3S/c1-14-4-5-15(25-2)16-17(14)27-18(20-16)21-6-3-7-22(9-8-21)19(24)23-10-12-26-13-11-23/h4-5H,3,6-13H2,1-2H3. The van der Waals surface area contributed by atoms with Gasteiger partial charge in [0, 0.05) is 39.3 Å². The van der Waals surface area contributed by atoms with Gasteiger partial charge in [0.1, 0.15) is 11.3 Å². The summed E-state index contributed by atoms with van der Waals surface area (Å²) in [6.07, 6.45) is 0.947. The predicted octanol–water partition coefficient (Wildman–Crippen LogP) is 2.58. The van der Waals surface area contributed by atoms with Gasteiger partial charge in [0.25, 0.3) is 0 Å². The van der Waals surface area contributed by atoms with E-state index in [1.165, 1.54) is 10.3 Å². The number of morpholine rings is 1. The summed E-state index contributed by atoms with van der Waals surface area (Å²) in [5.74, 6) is 0.817. The molecule has 2 aliphatic heterocycles. The van der Waals surface area contributed by atoms with Crippen LogP contribution in [0.2, 0.25) is 0 Å². The maximum atomic E-state index is 12.8. The van der Waals surface area contributed by atoms with Crippen molar-refractivity contribution in [1.82, 2.24) is 14.8 Å². The smallest absolute Gasteiger partial charge is 0.320 e. The number of anilines is 1. The van der Waals surface area contributed by atoms with E-state index in [4.69, 9.17) is 14.5 Å². The van der Waals surface area contributed by atoms with Gasteiger partial charge in [-0.15, -0.1) is 0 Å². The Balaban J connectivity index is 1.49. The molecule has 146 valence electrons. The van der Waals surface area contributed by atoms with Gasteiger partial charge in [-0.05, 0) is 25.0 Å². The molecule has 8 heteroatoms. The number of amides is 2. The Bertz CT molecular complexity index is 819. The van der Waals surface area contributed by atoms with Gasteiger partial charge in [0.05, 0.1) is 25.0 Å². The summed E-state index contributed by atoms with van der Waals surface area (Å²) in [7, 11) is 1.68. The number of urea groups is 1. The lowest BCUT2D eigenvalue weighted by atomic mass is 10.2. The van der Waals surface area contributed by atoms with E-state index in [-0.39, 0.29) is 6.03 Å². The number of methoxy groups -OCH3 is 1. The lowest BCUT2D eigenvalue weighted by Gasteiger charge is -2.32. The molecule has 2 fully saturated rings. The maximum absolute atomic E-state index is 12.8. The molecule has 27 heavy (non-hydrogen) atoms. The molecule has 0 bridgehead atoms. The highest BCUT2D eigenvalue weighted by molar-refractivity contribution is 7.22. The zero-order valence-electron chi connectivity index (χ0n) is 15.9. The first-order chi connectivity index (χ1) is 13.2. The van der Waals surface area contributed by atoms with Crippen LogP contribution >= 0.6 is 11.3 Å². The Kier molecular flexibility index (Phi) is 5.36. The molecule has 1 aromatic carbocycles. The summed E-state index contributed by atoms with van der Waals surface area (Å²) in [6, 6.07) is 4.20. The van der Waals surface area contributed by atoms with E-state index in [0.717, 1.165) is 49.0 Å². The molecule has 2 aliphatic rings. The number of aromatic nitrogens is 1. The van der Waals surface area contributed by atoms with E-state index in [0.29, 0.717) is 26.3 Å². The van der Waals surface area contributed by atoms with Crippen LogP contribution in [0, 0.1) is 6.92 Å². The fraction of sp³-hybridized carbons (Fsp3) is 0.579. The summed E-state index contributed by atoms with van der Waals surface area (Å²) in [4.78, 5) is 23.8. The van der Waals surface area contributed by atoms with Gasteiger partial charge in [-0.1, -0.05) is 17.4 Å². The molecule has 0 radical (unpaired) electrons. The molecular formula is C19H26N4O3S. The number of rotatable bonds is 2. The number of hydrogen-bond donors (Lipinski definition) is 0. The Hall–Kier alpha value is -2.06. The molecule has 0 aliphatic carbocycles. The van der Waals surface area contributed by atoms with Crippen molar-refractivity contribution in [2.24, 2.45) is 0 Å². The first-order valence-corrected chi connectivity index (χ1v) is 10.3. The molecule has 7 nitrogen and oxygen atoms in total. The molecule has 0 N–H and O–H groups in total. The topological polar surface area (TPSA) is 58.1 Å². The molecule has 1 aromatic heterocycles. The van der Waals surface area contributed by atoms with E-state index in [9.17, 15) is 4.79 Å². The largest absolute Gasteiger partial charge is 0.494 e. The minimum Gasteiger partial charge on any atom is -0.494 e. The highest BCUT2D eigenvalue weighted by atomic mass is 32.1. The number of hydrogen-bond acceptors (Lipinski definition) is 6. The Morgan fingerprint density at radius 1 is 1.11 bits per heavy atom. The Morgan fingerprint density at radius 3 is 2.67 bits per heavy atom. The van der Waals surface area contributed by atoms with Crippen LogP contribution in [0.4, 0.5) is 9.93 Å². The molecule has 2 aromatic rings. The quantitative estimate of drug-likeness (QED) is 0.789. The summed E-state index contributed by atoms with van der Waals surface area (Å²) >= 11 is 1.71. The van der Waals surface area contributed by atoms with Crippen molar-refractivity contribution in [2.45, 2.75) is 13.3 Å². The first-order valence-electron chi connectivity index (χ1n) is 9.48. The number of benzene rings is 1. The van der Waals surface area contributed by atoms with Crippen LogP contribution in [0.25, 0.3) is 10.2 Å². The second-order valence-electron chi connectivity index (χ2n) is 6.97. The van der Waals surface area contributed by atoms with Crippen molar-refractivity contribution in [2.75, 3.05) is 64.5 Å². The number of carbonyl (C=O) groups is 1. The second-order valence-corrected chi connectivity index (χ2v) is 7.95. The molecule has 0 unspecified atom stereocenters. The lowest BCUT2D eigenvalue weighted by Crippen LogP contribution is -2.49. The fourth-order valence-corrected chi connectivity index (χ4v) is 4.76. The normalized spacial score (nSPS) is 18.7. The van der Waals surface area contributed by atoms with Crippen LogP contribution in [0.15, 0.2) is 12.1 Å². The third kappa shape index (κ3) is 3.68. The SMILES string of the molecule is COc1ccc(C)c2sc(N3CCCN(C(=O)N4CCOCC4)CC3)nc12. The van der Waals surface area contributed by atoms with Gasteiger partial charge in [-0.25, -0.2) is 9.78 Å². The molecule has 0 saturated carbocycles. The third-order valence-corrected chi connectivity index (χ3v) is 6.48. The summed E-state index contributed by atoms with van der Waals surface area (Å²) in [6.45, 7) is 7.99. The van der Waals surface area contributed by atoms with Crippen LogP contribution in [-0.4, -0.2) is 80.4 Å². The summed E-state index contributed by atoms with van der Waals surface area (Å²) < 4.78 is 12.0. The second kappa shape index (κ2) is 7.90. The summed E-state index contributed by atoms with van der Waals surface area (Å²) in [5.41, 5.74) is 2.15. The number of ether oxygens (including phenoxy) is 2. The van der Waals surface area contributed by atoms with E-state index < -0.39 is 0 Å². The van der Waals surface area contributed by atoms with Crippen LogP contribution in [0.5, 0.6) is 5.75 Å². The van der Waals surface area contributed by atoms with Crippen molar-refractivity contribution >= 4 is 32.7 Å².